The summed E-state index contributed by atoms with van der Waals surface area (Å²) < 4.78 is 27.9. The molecule has 4 rings (SSSR count). The molecule has 3 N–H and O–H groups in total. The Kier molecular flexibility index (Phi) is 5.93. The van der Waals surface area contributed by atoms with Gasteiger partial charge in [-0.2, -0.15) is 4.31 Å². The van der Waals surface area contributed by atoms with E-state index >= 15 is 0 Å². The van der Waals surface area contributed by atoms with Crippen LogP contribution in [0.25, 0.3) is 0 Å². The van der Waals surface area contributed by atoms with Crippen molar-refractivity contribution in [2.45, 2.75) is 44.4 Å². The molecule has 0 bridgehead atoms. The zero-order valence-electron chi connectivity index (χ0n) is 17.7. The van der Waals surface area contributed by atoms with Crippen molar-refractivity contribution in [3.8, 4) is 0 Å². The van der Waals surface area contributed by atoms with Gasteiger partial charge in [0.2, 0.25) is 10.0 Å². The molecule has 2 atom stereocenters. The molecule has 2 aromatic rings. The molecule has 31 heavy (non-hydrogen) atoms. The van der Waals surface area contributed by atoms with Crippen molar-refractivity contribution >= 4 is 38.2 Å². The number of benzene rings is 1. The maximum absolute atomic E-state index is 13.2. The topological polar surface area (TPSA) is 110 Å². The third-order valence-corrected chi connectivity index (χ3v) is 9.00. The average Bonchev–Trinajstić information content (AvgIpc) is 3.27. The van der Waals surface area contributed by atoms with E-state index in [0.717, 1.165) is 36.1 Å². The fourth-order valence-electron chi connectivity index (χ4n) is 4.68. The van der Waals surface area contributed by atoms with Gasteiger partial charge in [0.1, 0.15) is 5.00 Å². The van der Waals surface area contributed by atoms with Crippen molar-refractivity contribution in [2.75, 3.05) is 18.4 Å². The number of piperidine rings is 1. The first-order valence-corrected chi connectivity index (χ1v) is 12.8. The van der Waals surface area contributed by atoms with E-state index in [1.54, 1.807) is 12.1 Å². The lowest BCUT2D eigenvalue weighted by molar-refractivity contribution is 0.100. The number of primary amides is 1. The normalized spacial score (nSPS) is 21.6. The summed E-state index contributed by atoms with van der Waals surface area (Å²) in [4.78, 5) is 26.1. The van der Waals surface area contributed by atoms with Crippen LogP contribution in [0.15, 0.2) is 29.2 Å². The molecule has 0 unspecified atom stereocenters. The Morgan fingerprint density at radius 1 is 1.16 bits per heavy atom. The predicted molar refractivity (Wildman–Crippen MR) is 121 cm³/mol. The molecular weight excluding hydrogens is 434 g/mol. The number of nitrogens with two attached hydrogens (primary N) is 1. The average molecular weight is 462 g/mol. The van der Waals surface area contributed by atoms with Crippen molar-refractivity contribution in [3.05, 3.63) is 45.8 Å². The molecule has 0 radical (unpaired) electrons. The monoisotopic (exact) mass is 461 g/mol. The fourth-order valence-corrected chi connectivity index (χ4v) is 7.69. The lowest BCUT2D eigenvalue weighted by atomic mass is 9.94. The number of thiophene rings is 1. The number of hydrogen-bond acceptors (Lipinski definition) is 5. The molecule has 0 saturated carbocycles. The minimum Gasteiger partial charge on any atom is -0.365 e. The van der Waals surface area contributed by atoms with Crippen molar-refractivity contribution < 1.29 is 18.0 Å². The van der Waals surface area contributed by atoms with E-state index in [1.807, 2.05) is 0 Å². The summed E-state index contributed by atoms with van der Waals surface area (Å²) in [5.74, 6) is -0.435. The predicted octanol–water partition coefficient (Wildman–Crippen LogP) is 3.25. The lowest BCUT2D eigenvalue weighted by Gasteiger charge is -2.34. The van der Waals surface area contributed by atoms with E-state index < -0.39 is 21.8 Å². The van der Waals surface area contributed by atoms with Crippen LogP contribution in [-0.2, 0) is 22.9 Å². The maximum Gasteiger partial charge on any atom is 0.256 e. The number of sulfonamides is 1. The number of nitrogens with one attached hydrogen (secondary N) is 1. The highest BCUT2D eigenvalue weighted by Gasteiger charge is 2.32. The fraction of sp³-hybridized carbons (Fsp3) is 0.455. The van der Waals surface area contributed by atoms with Crippen LogP contribution < -0.4 is 11.1 Å². The summed E-state index contributed by atoms with van der Waals surface area (Å²) in [6, 6.07) is 6.06. The molecule has 2 aliphatic rings. The summed E-state index contributed by atoms with van der Waals surface area (Å²) in [6.45, 7) is 5.06. The Bertz CT molecular complexity index is 1130. The van der Waals surface area contributed by atoms with Crippen LogP contribution in [0.3, 0.4) is 0 Å². The highest BCUT2D eigenvalue weighted by molar-refractivity contribution is 7.89. The number of anilines is 1. The minimum absolute atomic E-state index is 0.102. The van der Waals surface area contributed by atoms with Gasteiger partial charge in [-0.15, -0.1) is 11.3 Å². The summed E-state index contributed by atoms with van der Waals surface area (Å²) in [7, 11) is -3.69. The zero-order chi connectivity index (χ0) is 22.3. The quantitative estimate of drug-likeness (QED) is 0.712. The largest absolute Gasteiger partial charge is 0.365 e. The van der Waals surface area contributed by atoms with Gasteiger partial charge in [0.25, 0.3) is 11.8 Å². The molecule has 7 nitrogen and oxygen atoms in total. The number of aryl methyl sites for hydroxylation is 1. The number of hydrogen-bond donors (Lipinski definition) is 2. The van der Waals surface area contributed by atoms with Gasteiger partial charge >= 0.3 is 0 Å². The van der Waals surface area contributed by atoms with Crippen LogP contribution in [0.4, 0.5) is 5.00 Å². The van der Waals surface area contributed by atoms with Crippen LogP contribution in [0, 0.1) is 11.8 Å². The van der Waals surface area contributed by atoms with Crippen LogP contribution in [0.1, 0.15) is 57.8 Å². The standard InChI is InChI=1S/C22H27N3O4S2/c1-13-9-14(2)12-25(11-13)31(28,29)16-6-3-5-15(10-16)21(27)24-22-19(20(23)26)17-7-4-8-18(17)30-22/h3,5-6,10,13-14H,4,7-9,11-12H2,1-2H3,(H2,23,26)(H,24,27)/t13-,14-/m1/s1. The zero-order valence-corrected chi connectivity index (χ0v) is 19.3. The summed E-state index contributed by atoms with van der Waals surface area (Å²) in [5, 5.41) is 3.22. The van der Waals surface area contributed by atoms with Gasteiger partial charge in [-0.25, -0.2) is 8.42 Å². The van der Waals surface area contributed by atoms with E-state index in [4.69, 9.17) is 5.73 Å². The molecule has 2 amide bonds. The summed E-state index contributed by atoms with van der Waals surface area (Å²) in [5.41, 5.74) is 7.10. The molecule has 1 aliphatic heterocycles. The van der Waals surface area contributed by atoms with E-state index in [2.05, 4.69) is 19.2 Å². The second-order valence-electron chi connectivity index (χ2n) is 8.68. The number of carbonyl (C=O) groups excluding carboxylic acids is 2. The first kappa shape index (κ1) is 22.0. The van der Waals surface area contributed by atoms with Gasteiger partial charge in [0, 0.05) is 23.5 Å². The number of fused-ring (bicyclic) bond motifs is 1. The van der Waals surface area contributed by atoms with Gasteiger partial charge < -0.3 is 11.1 Å². The second kappa shape index (κ2) is 8.37. The third kappa shape index (κ3) is 4.26. The number of amides is 2. The van der Waals surface area contributed by atoms with E-state index in [0.29, 0.717) is 23.7 Å². The molecular formula is C22H27N3O4S2. The summed E-state index contributed by atoms with van der Waals surface area (Å²) >= 11 is 1.37. The van der Waals surface area contributed by atoms with Crippen molar-refractivity contribution in [1.82, 2.24) is 4.31 Å². The van der Waals surface area contributed by atoms with Crippen LogP contribution >= 0.6 is 11.3 Å². The third-order valence-electron chi connectivity index (χ3n) is 5.96. The Hall–Kier alpha value is -2.23. The molecule has 1 aliphatic carbocycles. The van der Waals surface area contributed by atoms with E-state index in [-0.39, 0.29) is 22.3 Å². The maximum atomic E-state index is 13.2. The molecule has 166 valence electrons. The number of carbonyl (C=O) groups is 2. The van der Waals surface area contributed by atoms with E-state index in [9.17, 15) is 18.0 Å². The van der Waals surface area contributed by atoms with Crippen LogP contribution in [0.5, 0.6) is 0 Å². The Labute approximate surface area is 186 Å². The first-order chi connectivity index (χ1) is 14.7. The second-order valence-corrected chi connectivity index (χ2v) is 11.7. The summed E-state index contributed by atoms with van der Waals surface area (Å²) in [6.07, 6.45) is 3.63. The van der Waals surface area contributed by atoms with Gasteiger partial charge in [0.05, 0.1) is 10.5 Å². The van der Waals surface area contributed by atoms with Crippen molar-refractivity contribution in [3.63, 3.8) is 0 Å². The molecule has 9 heteroatoms. The lowest BCUT2D eigenvalue weighted by Crippen LogP contribution is -2.42. The SMILES string of the molecule is C[C@@H]1C[C@@H](C)CN(S(=O)(=O)c2cccc(C(=O)Nc3sc4c(c3C(N)=O)CCC4)c2)C1. The van der Waals surface area contributed by atoms with Crippen LogP contribution in [0.2, 0.25) is 0 Å². The Morgan fingerprint density at radius 3 is 2.55 bits per heavy atom. The molecule has 1 aromatic heterocycles. The minimum atomic E-state index is -3.69. The van der Waals surface area contributed by atoms with Gasteiger partial charge in [-0.3, -0.25) is 9.59 Å². The Morgan fingerprint density at radius 2 is 1.87 bits per heavy atom. The molecule has 2 heterocycles. The molecule has 1 saturated heterocycles. The molecule has 0 spiro atoms. The van der Waals surface area contributed by atoms with Gasteiger partial charge in [-0.1, -0.05) is 19.9 Å². The number of rotatable bonds is 5. The van der Waals surface area contributed by atoms with Crippen molar-refractivity contribution in [2.24, 2.45) is 17.6 Å². The van der Waals surface area contributed by atoms with Gasteiger partial charge in [-0.05, 0) is 61.3 Å². The highest BCUT2D eigenvalue weighted by atomic mass is 32.2. The van der Waals surface area contributed by atoms with Gasteiger partial charge in [0.15, 0.2) is 0 Å². The highest BCUT2D eigenvalue weighted by Crippen LogP contribution is 2.39. The smallest absolute Gasteiger partial charge is 0.256 e. The van der Waals surface area contributed by atoms with E-state index in [1.165, 1.54) is 27.8 Å². The van der Waals surface area contributed by atoms with Crippen LogP contribution in [-0.4, -0.2) is 37.6 Å². The molecule has 1 fully saturated rings. The van der Waals surface area contributed by atoms with Crippen molar-refractivity contribution in [1.29, 1.82) is 0 Å². The first-order valence-electron chi connectivity index (χ1n) is 10.5. The molecule has 1 aromatic carbocycles. The Balaban J connectivity index is 1.59. The number of nitrogens with zero attached hydrogens (tertiary/aromatic N) is 1.